The van der Waals surface area contributed by atoms with E-state index in [9.17, 15) is 4.79 Å². The predicted molar refractivity (Wildman–Crippen MR) is 93.0 cm³/mol. The molecule has 4 nitrogen and oxygen atoms in total. The van der Waals surface area contributed by atoms with Gasteiger partial charge >= 0.3 is 5.97 Å². The van der Waals surface area contributed by atoms with Crippen LogP contribution >= 0.6 is 11.3 Å². The number of ether oxygens (including phenoxy) is 1. The molecule has 0 unspecified atom stereocenters. The van der Waals surface area contributed by atoms with Crippen molar-refractivity contribution in [2.45, 2.75) is 45.6 Å². The molecule has 1 saturated heterocycles. The Kier molecular flexibility index (Phi) is 4.39. The van der Waals surface area contributed by atoms with Crippen LogP contribution in [0.2, 0.25) is 0 Å². The van der Waals surface area contributed by atoms with Gasteiger partial charge < -0.3 is 10.1 Å². The van der Waals surface area contributed by atoms with E-state index >= 15 is 0 Å². The first-order valence-corrected chi connectivity index (χ1v) is 8.90. The lowest BCUT2D eigenvalue weighted by Crippen LogP contribution is -2.21. The zero-order chi connectivity index (χ0) is 16.4. The van der Waals surface area contributed by atoms with Crippen LogP contribution in [0.1, 0.15) is 44.4 Å². The summed E-state index contributed by atoms with van der Waals surface area (Å²) in [5, 5.41) is 6.13. The zero-order valence-electron chi connectivity index (χ0n) is 13.8. The molecule has 23 heavy (non-hydrogen) atoms. The van der Waals surface area contributed by atoms with Crippen LogP contribution in [0, 0.1) is 12.8 Å². The fourth-order valence-corrected chi connectivity index (χ4v) is 3.90. The summed E-state index contributed by atoms with van der Waals surface area (Å²) in [4.78, 5) is 16.7. The number of carbonyl (C=O) groups excluding carboxylic acids is 1. The van der Waals surface area contributed by atoms with Crippen molar-refractivity contribution >= 4 is 28.1 Å². The highest BCUT2D eigenvalue weighted by molar-refractivity contribution is 7.13. The van der Waals surface area contributed by atoms with E-state index in [1.807, 2.05) is 24.4 Å². The summed E-state index contributed by atoms with van der Waals surface area (Å²) in [6, 6.07) is 8.17. The number of nitrogens with one attached hydrogen (secondary N) is 1. The Morgan fingerprint density at radius 2 is 2.30 bits per heavy atom. The van der Waals surface area contributed by atoms with Gasteiger partial charge in [-0.05, 0) is 38.0 Å². The van der Waals surface area contributed by atoms with Gasteiger partial charge in [0.1, 0.15) is 0 Å². The summed E-state index contributed by atoms with van der Waals surface area (Å²) in [6.07, 6.45) is 2.59. The molecule has 1 aliphatic rings. The lowest BCUT2D eigenvalue weighted by molar-refractivity contribution is -0.150. The van der Waals surface area contributed by atoms with E-state index in [-0.39, 0.29) is 11.9 Å². The highest BCUT2D eigenvalue weighted by atomic mass is 32.1. The van der Waals surface area contributed by atoms with Gasteiger partial charge in [0.2, 0.25) is 0 Å². The minimum absolute atomic E-state index is 0.000109. The van der Waals surface area contributed by atoms with Crippen molar-refractivity contribution in [3.63, 3.8) is 0 Å². The Morgan fingerprint density at radius 3 is 3.04 bits per heavy atom. The molecule has 0 bridgehead atoms. The lowest BCUT2D eigenvalue weighted by Gasteiger charge is -2.19. The number of nitrogens with zero attached hydrogens (tertiary/aromatic N) is 1. The van der Waals surface area contributed by atoms with Gasteiger partial charge in [-0.15, -0.1) is 11.3 Å². The molecule has 1 aliphatic heterocycles. The molecule has 0 aliphatic carbocycles. The molecular formula is C18H22N2O2S. The summed E-state index contributed by atoms with van der Waals surface area (Å²) in [5.74, 6) is -0.0876. The SMILES string of the molecule is CCC[C@H]1C[C@](C)(c2csc(Nc3cccc(C)c3)n2)OC1=O. The highest BCUT2D eigenvalue weighted by Crippen LogP contribution is 2.42. The fourth-order valence-electron chi connectivity index (χ4n) is 3.05. The van der Waals surface area contributed by atoms with Gasteiger partial charge in [0.15, 0.2) is 10.7 Å². The minimum atomic E-state index is -0.597. The Morgan fingerprint density at radius 1 is 1.48 bits per heavy atom. The predicted octanol–water partition coefficient (Wildman–Crippen LogP) is 4.77. The van der Waals surface area contributed by atoms with Crippen molar-refractivity contribution < 1.29 is 9.53 Å². The molecule has 0 spiro atoms. The zero-order valence-corrected chi connectivity index (χ0v) is 14.6. The number of cyclic esters (lactones) is 1. The van der Waals surface area contributed by atoms with Gasteiger partial charge in [-0.3, -0.25) is 4.79 Å². The molecule has 1 fully saturated rings. The number of benzene rings is 1. The first-order chi connectivity index (χ1) is 11.0. The number of rotatable bonds is 5. The molecule has 2 aromatic rings. The molecule has 1 N–H and O–H groups in total. The van der Waals surface area contributed by atoms with Crippen LogP contribution in [-0.4, -0.2) is 11.0 Å². The molecule has 1 aromatic carbocycles. The monoisotopic (exact) mass is 330 g/mol. The first kappa shape index (κ1) is 16.0. The largest absolute Gasteiger partial charge is 0.453 e. The number of aromatic nitrogens is 1. The standard InChI is InChI=1S/C18H22N2O2S/c1-4-6-13-10-18(3,22-16(13)21)15-11-23-17(20-15)19-14-8-5-7-12(2)9-14/h5,7-9,11,13H,4,6,10H2,1-3H3,(H,19,20)/t13-,18+/m0/s1. The molecule has 2 heterocycles. The smallest absolute Gasteiger partial charge is 0.310 e. The van der Waals surface area contributed by atoms with E-state index < -0.39 is 5.60 Å². The van der Waals surface area contributed by atoms with Gasteiger partial charge in [0.25, 0.3) is 0 Å². The van der Waals surface area contributed by atoms with Crippen LogP contribution in [0.15, 0.2) is 29.6 Å². The average molecular weight is 330 g/mol. The third-order valence-electron chi connectivity index (χ3n) is 4.25. The van der Waals surface area contributed by atoms with E-state index in [1.165, 1.54) is 16.9 Å². The van der Waals surface area contributed by atoms with Crippen LogP contribution in [0.4, 0.5) is 10.8 Å². The van der Waals surface area contributed by atoms with Crippen molar-refractivity contribution in [2.24, 2.45) is 5.92 Å². The second kappa shape index (κ2) is 6.32. The minimum Gasteiger partial charge on any atom is -0.453 e. The lowest BCUT2D eigenvalue weighted by atomic mass is 9.91. The Hall–Kier alpha value is -1.88. The van der Waals surface area contributed by atoms with E-state index in [2.05, 4.69) is 36.3 Å². The number of hydrogen-bond donors (Lipinski definition) is 1. The van der Waals surface area contributed by atoms with Crippen molar-refractivity contribution in [3.8, 4) is 0 Å². The quantitative estimate of drug-likeness (QED) is 0.802. The summed E-state index contributed by atoms with van der Waals surface area (Å²) >= 11 is 1.54. The van der Waals surface area contributed by atoms with Crippen molar-refractivity contribution in [2.75, 3.05) is 5.32 Å². The molecule has 5 heteroatoms. The van der Waals surface area contributed by atoms with E-state index in [4.69, 9.17) is 4.74 Å². The van der Waals surface area contributed by atoms with E-state index in [1.54, 1.807) is 0 Å². The van der Waals surface area contributed by atoms with Gasteiger partial charge in [0, 0.05) is 17.5 Å². The maximum absolute atomic E-state index is 12.0. The summed E-state index contributed by atoms with van der Waals surface area (Å²) in [7, 11) is 0. The topological polar surface area (TPSA) is 51.2 Å². The third kappa shape index (κ3) is 3.39. The van der Waals surface area contributed by atoms with Crippen molar-refractivity contribution in [3.05, 3.63) is 40.9 Å². The van der Waals surface area contributed by atoms with Crippen LogP contribution in [0.25, 0.3) is 0 Å². The van der Waals surface area contributed by atoms with E-state index in [0.29, 0.717) is 6.42 Å². The van der Waals surface area contributed by atoms with Crippen LogP contribution in [0.3, 0.4) is 0 Å². The number of hydrogen-bond acceptors (Lipinski definition) is 5. The van der Waals surface area contributed by atoms with Crippen LogP contribution < -0.4 is 5.32 Å². The maximum Gasteiger partial charge on any atom is 0.310 e. The molecule has 3 rings (SSSR count). The molecule has 1 aromatic heterocycles. The van der Waals surface area contributed by atoms with Crippen molar-refractivity contribution in [1.82, 2.24) is 4.98 Å². The normalized spacial score (nSPS) is 23.8. The summed E-state index contributed by atoms with van der Waals surface area (Å²) < 4.78 is 5.66. The highest BCUT2D eigenvalue weighted by Gasteiger charge is 2.45. The Balaban J connectivity index is 1.75. The maximum atomic E-state index is 12.0. The third-order valence-corrected chi connectivity index (χ3v) is 5.01. The number of aryl methyl sites for hydroxylation is 1. The second-order valence-corrected chi connectivity index (χ2v) is 7.23. The van der Waals surface area contributed by atoms with Gasteiger partial charge in [-0.1, -0.05) is 25.5 Å². The Labute approximate surface area is 140 Å². The van der Waals surface area contributed by atoms with Crippen LogP contribution in [0.5, 0.6) is 0 Å². The fraction of sp³-hybridized carbons (Fsp3) is 0.444. The molecule has 0 saturated carbocycles. The van der Waals surface area contributed by atoms with Gasteiger partial charge in [0.05, 0.1) is 11.6 Å². The first-order valence-electron chi connectivity index (χ1n) is 8.03. The van der Waals surface area contributed by atoms with Gasteiger partial charge in [-0.2, -0.15) is 0 Å². The number of thiazole rings is 1. The molecule has 0 amide bonds. The summed E-state index contributed by atoms with van der Waals surface area (Å²) in [5.41, 5.74) is 2.46. The molecule has 2 atom stereocenters. The number of esters is 1. The molecule has 0 radical (unpaired) electrons. The number of carbonyl (C=O) groups is 1. The Bertz CT molecular complexity index is 713. The summed E-state index contributed by atoms with van der Waals surface area (Å²) in [6.45, 7) is 6.12. The van der Waals surface area contributed by atoms with Crippen LogP contribution in [-0.2, 0) is 15.1 Å². The molecule has 122 valence electrons. The van der Waals surface area contributed by atoms with Gasteiger partial charge in [-0.25, -0.2) is 4.98 Å². The van der Waals surface area contributed by atoms with Crippen molar-refractivity contribution in [1.29, 1.82) is 0 Å². The second-order valence-electron chi connectivity index (χ2n) is 6.37. The average Bonchev–Trinajstić information content (AvgIpc) is 3.06. The van der Waals surface area contributed by atoms with E-state index in [0.717, 1.165) is 29.4 Å². The number of anilines is 2. The molecular weight excluding hydrogens is 308 g/mol.